The van der Waals surface area contributed by atoms with Crippen molar-refractivity contribution >= 4 is 68.2 Å². The van der Waals surface area contributed by atoms with Crippen LogP contribution in [0, 0.1) is 5.92 Å². The van der Waals surface area contributed by atoms with Gasteiger partial charge in [-0.05, 0) is 383 Å². The molecular formula is C137H115F3N4. The first-order valence-electron chi connectivity index (χ1n) is 50.7. The number of nitrogens with zero attached hydrogens (tertiary/aromatic N) is 4. The predicted molar refractivity (Wildman–Crippen MR) is 600 cm³/mol. The van der Waals surface area contributed by atoms with E-state index in [-0.39, 0.29) is 0 Å². The van der Waals surface area contributed by atoms with Crippen LogP contribution >= 0.6 is 0 Å². The molecule has 704 valence electrons. The van der Waals surface area contributed by atoms with Crippen LogP contribution in [0.2, 0.25) is 0 Å². The van der Waals surface area contributed by atoms with E-state index < -0.39 is 11.7 Å². The quantitative estimate of drug-likeness (QED) is 0.0670. The van der Waals surface area contributed by atoms with E-state index in [0.29, 0.717) is 23.4 Å². The molecule has 2 atom stereocenters. The minimum absolute atomic E-state index is 0.456. The van der Waals surface area contributed by atoms with Crippen LogP contribution in [-0.4, -0.2) is 0 Å². The van der Waals surface area contributed by atoms with E-state index in [4.69, 9.17) is 0 Å². The molecule has 7 heteroatoms. The Bertz CT molecular complexity index is 7890. The molecule has 0 spiro atoms. The average molecular weight is 1870 g/mol. The fourth-order valence-corrected chi connectivity index (χ4v) is 21.1. The summed E-state index contributed by atoms with van der Waals surface area (Å²) in [7, 11) is 0. The maximum Gasteiger partial charge on any atom is 0.416 e. The summed E-state index contributed by atoms with van der Waals surface area (Å²) < 4.78 is 40.3. The van der Waals surface area contributed by atoms with E-state index in [1.807, 2.05) is 59.5 Å². The van der Waals surface area contributed by atoms with Gasteiger partial charge in [-0.2, -0.15) is 13.2 Å². The molecule has 0 amide bonds. The molecule has 0 radical (unpaired) electrons. The van der Waals surface area contributed by atoms with Gasteiger partial charge in [-0.15, -0.1) is 0 Å². The molecule has 0 N–H and O–H groups in total. The van der Waals surface area contributed by atoms with Crippen molar-refractivity contribution in [2.24, 2.45) is 5.92 Å². The van der Waals surface area contributed by atoms with Gasteiger partial charge in [0.1, 0.15) is 0 Å². The normalized spacial score (nSPS) is 12.3. The van der Waals surface area contributed by atoms with E-state index >= 15 is 0 Å². The van der Waals surface area contributed by atoms with Gasteiger partial charge < -0.3 is 19.6 Å². The highest BCUT2D eigenvalue weighted by Gasteiger charge is 2.32. The summed E-state index contributed by atoms with van der Waals surface area (Å²) >= 11 is 0. The molecule has 0 heterocycles. The second kappa shape index (κ2) is 42.0. The second-order valence-corrected chi connectivity index (χ2v) is 38.8. The third-order valence-corrected chi connectivity index (χ3v) is 29.0. The Kier molecular flexibility index (Phi) is 27.4. The highest BCUT2D eigenvalue weighted by molar-refractivity contribution is 5.90. The number of fused-ring (bicyclic) bond motifs is 12. The Balaban J connectivity index is 0.000000113. The van der Waals surface area contributed by atoms with Gasteiger partial charge in [-0.25, -0.2) is 0 Å². The first-order chi connectivity index (χ1) is 70.6. The Morgan fingerprint density at radius 2 is 0.465 bits per heavy atom. The van der Waals surface area contributed by atoms with Crippen molar-refractivity contribution in [1.82, 2.24) is 0 Å². The van der Waals surface area contributed by atoms with Gasteiger partial charge in [0.05, 0.1) is 5.56 Å². The predicted octanol–water partition coefficient (Wildman–Crippen LogP) is 38.8. The Labute approximate surface area is 846 Å². The molecule has 24 rings (SSSR count). The maximum atomic E-state index is 13.4. The van der Waals surface area contributed by atoms with Crippen LogP contribution in [0.3, 0.4) is 0 Å². The Morgan fingerprint density at radius 1 is 0.208 bits per heavy atom. The summed E-state index contributed by atoms with van der Waals surface area (Å²) in [6, 6.07) is 171. The van der Waals surface area contributed by atoms with Crippen molar-refractivity contribution in [1.29, 1.82) is 0 Å². The number of rotatable bonds is 22. The van der Waals surface area contributed by atoms with Gasteiger partial charge in [0.2, 0.25) is 0 Å². The van der Waals surface area contributed by atoms with Gasteiger partial charge in [-0.1, -0.05) is 357 Å². The lowest BCUT2D eigenvalue weighted by atomic mass is 9.97. The average Bonchev–Trinajstić information content (AvgIpc) is 1.57. The summed E-state index contributed by atoms with van der Waals surface area (Å²) in [5.74, 6) is 1.70. The van der Waals surface area contributed by atoms with Crippen molar-refractivity contribution in [3.05, 3.63) is 552 Å². The molecule has 20 aromatic rings. The molecule has 144 heavy (non-hydrogen) atoms. The van der Waals surface area contributed by atoms with E-state index in [2.05, 4.69) is 463 Å². The van der Waals surface area contributed by atoms with Gasteiger partial charge in [-0.3, -0.25) is 0 Å². The van der Waals surface area contributed by atoms with Crippen LogP contribution in [0.25, 0.3) is 89.0 Å². The molecule has 4 aliphatic carbocycles. The van der Waals surface area contributed by atoms with Crippen LogP contribution < -0.4 is 19.6 Å². The molecule has 0 saturated carbocycles. The molecule has 2 unspecified atom stereocenters. The summed E-state index contributed by atoms with van der Waals surface area (Å²) in [6.45, 7) is 13.7. The zero-order valence-electron chi connectivity index (χ0n) is 82.3. The van der Waals surface area contributed by atoms with Gasteiger partial charge in [0, 0.05) is 68.2 Å². The number of anilines is 12. The smallest absolute Gasteiger partial charge is 0.311 e. The fraction of sp³-hybridized carbons (Fsp3) is 0.124. The van der Waals surface area contributed by atoms with Crippen molar-refractivity contribution < 1.29 is 13.2 Å². The number of halogens is 3. The van der Waals surface area contributed by atoms with Gasteiger partial charge in [0.25, 0.3) is 0 Å². The number of hydrogen-bond acceptors (Lipinski definition) is 4. The number of alkyl halides is 3. The molecule has 4 nitrogen and oxygen atoms in total. The first kappa shape index (κ1) is 93.7. The Hall–Kier alpha value is -16.6. The summed E-state index contributed by atoms with van der Waals surface area (Å²) in [4.78, 5) is 8.93. The largest absolute Gasteiger partial charge is 0.416 e. The number of para-hydroxylation sites is 5. The lowest BCUT2D eigenvalue weighted by molar-refractivity contribution is -0.137. The zero-order chi connectivity index (χ0) is 98.2. The van der Waals surface area contributed by atoms with E-state index in [1.165, 1.54) is 185 Å². The van der Waals surface area contributed by atoms with Crippen molar-refractivity contribution in [2.75, 3.05) is 19.6 Å². The molecule has 4 aliphatic rings. The van der Waals surface area contributed by atoms with Crippen LogP contribution in [0.1, 0.15) is 133 Å². The first-order valence-corrected chi connectivity index (χ1v) is 50.7. The Morgan fingerprint density at radius 3 is 0.806 bits per heavy atom. The lowest BCUT2D eigenvalue weighted by Gasteiger charge is -2.28. The third-order valence-electron chi connectivity index (χ3n) is 29.0. The molecule has 0 saturated heterocycles. The van der Waals surface area contributed by atoms with Crippen LogP contribution in [0.15, 0.2) is 485 Å². The highest BCUT2D eigenvalue weighted by Crippen LogP contribution is 2.49. The molecule has 0 aromatic heterocycles. The van der Waals surface area contributed by atoms with Crippen LogP contribution in [-0.2, 0) is 38.3 Å². The fourth-order valence-electron chi connectivity index (χ4n) is 21.1. The molecule has 0 fully saturated rings. The van der Waals surface area contributed by atoms with Crippen LogP contribution in [0.4, 0.5) is 81.4 Å². The van der Waals surface area contributed by atoms with Crippen molar-refractivity contribution in [3.63, 3.8) is 0 Å². The molecule has 20 aromatic carbocycles. The summed E-state index contributed by atoms with van der Waals surface area (Å²) in [5.41, 5.74) is 47.9. The maximum absolute atomic E-state index is 13.4. The monoisotopic (exact) mass is 1870 g/mol. The van der Waals surface area contributed by atoms with E-state index in [1.54, 1.807) is 6.07 Å². The minimum Gasteiger partial charge on any atom is -0.311 e. The SMILES string of the molecule is CC(C)Cc1ccccc1N(c1ccccc1)c1ccc(-c2ccc3c(c2)-c2ccccc2C3)cc1.CCC(C)c1ccc(N(c2ccccc2)c2ccc(-c3ccc4c(c3)-c3ccccc3C4)cc2)cc1.CCC(C)c1cccc(N(c2ccccc2)c2ccc(-c3ccc4c(c3)-c3ccccc3C4)cc2)c1.FC(F)(F)c1cccc(N(c2ccccc2)c2ccc(-c3ccc4c(c3)-c3ccccc3C4)cc2)c1. The molecule has 0 aliphatic heterocycles. The standard InChI is InChI=1S/3C35H31N.C32H22F3N/c1-25(2)22-30-11-7-9-15-35(30)36(31-12-4-3-5-13-31)32-20-18-26(19-21-32)27-16-17-29-23-28-10-6-8-14-33(28)34(29)24-27;1-3-25(2)27-11-9-14-33(23-27)36(31-12-5-4-6-13-31)32-20-18-26(19-21-32)28-16-17-30-22-29-10-7-8-15-34(29)35(30)24-28;1-3-25(2)26-15-19-32(20-16-26)36(31-10-5-4-6-11-31)33-21-17-27(18-22-33)28-13-14-30-23-29-9-7-8-12-34(29)35(30)24-28;33-32(34,35)26-8-6-11-29(21-26)36(27-9-2-1-3-10-27)28-17-15-22(16-18-28)23-13-14-25-19-24-7-4-5-12-30(24)31(25)20-23/h3-21,24-25H,22-23H2,1-2H3;4-21,23-25H,3,22H2,1-2H3;4-22,24-25H,3,23H2,1-2H3;1-18,20-21H,19H2. The number of benzene rings is 20. The third kappa shape index (κ3) is 20.1. The van der Waals surface area contributed by atoms with Gasteiger partial charge >= 0.3 is 6.18 Å². The van der Waals surface area contributed by atoms with E-state index in [0.717, 1.165) is 90.6 Å². The molecular weight excluding hydrogens is 1760 g/mol. The minimum atomic E-state index is -4.41. The van der Waals surface area contributed by atoms with Crippen LogP contribution in [0.5, 0.6) is 0 Å². The van der Waals surface area contributed by atoms with Gasteiger partial charge in [0.15, 0.2) is 0 Å². The summed E-state index contributed by atoms with van der Waals surface area (Å²) in [5, 5.41) is 0. The van der Waals surface area contributed by atoms with E-state index in [9.17, 15) is 13.2 Å². The topological polar surface area (TPSA) is 13.0 Å². The second-order valence-electron chi connectivity index (χ2n) is 38.8. The lowest BCUT2D eigenvalue weighted by Crippen LogP contribution is -2.13. The van der Waals surface area contributed by atoms with Crippen molar-refractivity contribution in [2.45, 2.75) is 105 Å². The summed E-state index contributed by atoms with van der Waals surface area (Å²) in [6.07, 6.45) is 2.98. The number of hydrogen-bond donors (Lipinski definition) is 0. The van der Waals surface area contributed by atoms with Crippen molar-refractivity contribution in [3.8, 4) is 89.0 Å². The molecule has 0 bridgehead atoms. The highest BCUT2D eigenvalue weighted by atomic mass is 19.4. The zero-order valence-corrected chi connectivity index (χ0v) is 82.3.